The molecule has 0 spiro atoms. The van der Waals surface area contributed by atoms with E-state index in [0.717, 1.165) is 5.69 Å². The SMILES string of the molecule is CN(C)c1ccccc1C(=O)NN=Cc1ccc(F)cc1. The molecule has 0 aliphatic heterocycles. The lowest BCUT2D eigenvalue weighted by atomic mass is 10.1. The smallest absolute Gasteiger partial charge is 0.273 e. The molecule has 0 aliphatic rings. The quantitative estimate of drug-likeness (QED) is 0.693. The molecular formula is C16H16FN3O. The average molecular weight is 285 g/mol. The van der Waals surface area contributed by atoms with Crippen molar-refractivity contribution >= 4 is 17.8 Å². The molecule has 0 unspecified atom stereocenters. The van der Waals surface area contributed by atoms with E-state index in [1.165, 1.54) is 18.3 Å². The fraction of sp³-hybridized carbons (Fsp3) is 0.125. The third kappa shape index (κ3) is 3.89. The molecule has 2 rings (SSSR count). The number of amides is 1. The minimum atomic E-state index is -0.309. The first-order chi connectivity index (χ1) is 10.1. The molecular weight excluding hydrogens is 269 g/mol. The molecule has 108 valence electrons. The van der Waals surface area contributed by atoms with E-state index in [1.807, 2.05) is 31.1 Å². The monoisotopic (exact) mass is 285 g/mol. The Kier molecular flexibility index (Phi) is 4.66. The second-order valence-electron chi connectivity index (χ2n) is 4.66. The molecule has 0 saturated heterocycles. The van der Waals surface area contributed by atoms with Crippen LogP contribution in [0.15, 0.2) is 53.6 Å². The van der Waals surface area contributed by atoms with Gasteiger partial charge in [0.05, 0.1) is 11.8 Å². The van der Waals surface area contributed by atoms with E-state index < -0.39 is 0 Å². The molecule has 0 fully saturated rings. The van der Waals surface area contributed by atoms with Gasteiger partial charge in [0.15, 0.2) is 0 Å². The Morgan fingerprint density at radius 2 is 1.81 bits per heavy atom. The highest BCUT2D eigenvalue weighted by Gasteiger charge is 2.10. The third-order valence-electron chi connectivity index (χ3n) is 2.88. The van der Waals surface area contributed by atoms with Gasteiger partial charge in [-0.15, -0.1) is 0 Å². The molecule has 0 aromatic heterocycles. The summed E-state index contributed by atoms with van der Waals surface area (Å²) in [6, 6.07) is 13.1. The molecule has 0 saturated carbocycles. The van der Waals surface area contributed by atoms with Gasteiger partial charge in [-0.1, -0.05) is 24.3 Å². The Balaban J connectivity index is 2.07. The second kappa shape index (κ2) is 6.65. The molecule has 4 nitrogen and oxygen atoms in total. The lowest BCUT2D eigenvalue weighted by Crippen LogP contribution is -2.21. The number of nitrogens with zero attached hydrogens (tertiary/aromatic N) is 2. The summed E-state index contributed by atoms with van der Waals surface area (Å²) in [7, 11) is 3.74. The number of rotatable bonds is 4. The maximum absolute atomic E-state index is 12.8. The van der Waals surface area contributed by atoms with Crippen LogP contribution in [0.25, 0.3) is 0 Å². The minimum absolute atomic E-state index is 0.294. The Hall–Kier alpha value is -2.69. The zero-order valence-electron chi connectivity index (χ0n) is 11.9. The molecule has 5 heteroatoms. The van der Waals surface area contributed by atoms with Crippen LogP contribution in [-0.4, -0.2) is 26.2 Å². The molecule has 1 N–H and O–H groups in total. The zero-order valence-corrected chi connectivity index (χ0v) is 11.9. The van der Waals surface area contributed by atoms with E-state index in [2.05, 4.69) is 10.5 Å². The molecule has 0 aliphatic carbocycles. The average Bonchev–Trinajstić information content (AvgIpc) is 2.49. The standard InChI is InChI=1S/C16H16FN3O/c1-20(2)15-6-4-3-5-14(15)16(21)19-18-11-12-7-9-13(17)10-8-12/h3-11H,1-2H3,(H,19,21). The van der Waals surface area contributed by atoms with Crippen LogP contribution in [0.2, 0.25) is 0 Å². The van der Waals surface area contributed by atoms with E-state index in [4.69, 9.17) is 0 Å². The van der Waals surface area contributed by atoms with Crippen molar-refractivity contribution < 1.29 is 9.18 Å². The third-order valence-corrected chi connectivity index (χ3v) is 2.88. The highest BCUT2D eigenvalue weighted by atomic mass is 19.1. The first kappa shape index (κ1) is 14.7. The number of hydrogen-bond donors (Lipinski definition) is 1. The predicted molar refractivity (Wildman–Crippen MR) is 82.2 cm³/mol. The van der Waals surface area contributed by atoms with Gasteiger partial charge in [-0.25, -0.2) is 9.82 Å². The van der Waals surface area contributed by atoms with Crippen molar-refractivity contribution in [1.29, 1.82) is 0 Å². The molecule has 0 atom stereocenters. The van der Waals surface area contributed by atoms with Crippen molar-refractivity contribution in [3.63, 3.8) is 0 Å². The van der Waals surface area contributed by atoms with Crippen molar-refractivity contribution in [1.82, 2.24) is 5.43 Å². The maximum Gasteiger partial charge on any atom is 0.273 e. The molecule has 0 radical (unpaired) electrons. The Labute approximate surface area is 122 Å². The van der Waals surface area contributed by atoms with Crippen molar-refractivity contribution in [3.05, 3.63) is 65.5 Å². The Morgan fingerprint density at radius 3 is 2.48 bits per heavy atom. The van der Waals surface area contributed by atoms with Gasteiger partial charge >= 0.3 is 0 Å². The highest BCUT2D eigenvalue weighted by Crippen LogP contribution is 2.17. The molecule has 2 aromatic carbocycles. The first-order valence-corrected chi connectivity index (χ1v) is 6.43. The first-order valence-electron chi connectivity index (χ1n) is 6.43. The van der Waals surface area contributed by atoms with Gasteiger partial charge in [-0.05, 0) is 29.8 Å². The maximum atomic E-state index is 12.8. The van der Waals surface area contributed by atoms with E-state index in [-0.39, 0.29) is 11.7 Å². The summed E-state index contributed by atoms with van der Waals surface area (Å²) in [5, 5.41) is 3.88. The fourth-order valence-electron chi connectivity index (χ4n) is 1.83. The lowest BCUT2D eigenvalue weighted by Gasteiger charge is -2.15. The second-order valence-corrected chi connectivity index (χ2v) is 4.66. The predicted octanol–water partition coefficient (Wildman–Crippen LogP) is 2.66. The van der Waals surface area contributed by atoms with Crippen LogP contribution in [0.1, 0.15) is 15.9 Å². The molecule has 0 heterocycles. The summed E-state index contributed by atoms with van der Waals surface area (Å²) >= 11 is 0. The van der Waals surface area contributed by atoms with E-state index in [0.29, 0.717) is 11.1 Å². The van der Waals surface area contributed by atoms with E-state index in [9.17, 15) is 9.18 Å². The highest BCUT2D eigenvalue weighted by molar-refractivity contribution is 6.00. The molecule has 2 aromatic rings. The summed E-state index contributed by atoms with van der Waals surface area (Å²) in [5.41, 5.74) is 4.53. The van der Waals surface area contributed by atoms with Gasteiger partial charge in [0, 0.05) is 19.8 Å². The van der Waals surface area contributed by atoms with Crippen LogP contribution in [0, 0.1) is 5.82 Å². The van der Waals surface area contributed by atoms with Crippen LogP contribution in [0.4, 0.5) is 10.1 Å². The van der Waals surface area contributed by atoms with Crippen LogP contribution < -0.4 is 10.3 Å². The van der Waals surface area contributed by atoms with Gasteiger partial charge < -0.3 is 4.90 Å². The molecule has 1 amide bonds. The van der Waals surface area contributed by atoms with Crippen molar-refractivity contribution in [3.8, 4) is 0 Å². The summed E-state index contributed by atoms with van der Waals surface area (Å²) in [5.74, 6) is -0.603. The van der Waals surface area contributed by atoms with Crippen LogP contribution in [0.5, 0.6) is 0 Å². The van der Waals surface area contributed by atoms with E-state index in [1.54, 1.807) is 24.3 Å². The zero-order chi connectivity index (χ0) is 15.2. The Bertz CT molecular complexity index is 651. The van der Waals surface area contributed by atoms with Crippen molar-refractivity contribution in [2.75, 3.05) is 19.0 Å². The number of halogens is 1. The molecule has 21 heavy (non-hydrogen) atoms. The van der Waals surface area contributed by atoms with E-state index >= 15 is 0 Å². The molecule has 0 bridgehead atoms. The minimum Gasteiger partial charge on any atom is -0.377 e. The number of carbonyl (C=O) groups excluding carboxylic acids is 1. The topological polar surface area (TPSA) is 44.7 Å². The number of hydrogen-bond acceptors (Lipinski definition) is 3. The van der Waals surface area contributed by atoms with Crippen LogP contribution in [0.3, 0.4) is 0 Å². The number of carbonyl (C=O) groups is 1. The normalized spacial score (nSPS) is 10.6. The summed E-state index contributed by atoms with van der Waals surface area (Å²) in [4.78, 5) is 14.0. The number of nitrogens with one attached hydrogen (secondary N) is 1. The fourth-order valence-corrected chi connectivity index (χ4v) is 1.83. The van der Waals surface area contributed by atoms with Gasteiger partial charge in [0.1, 0.15) is 5.82 Å². The van der Waals surface area contributed by atoms with Crippen molar-refractivity contribution in [2.24, 2.45) is 5.10 Å². The van der Waals surface area contributed by atoms with Gasteiger partial charge in [-0.2, -0.15) is 5.10 Å². The number of anilines is 1. The van der Waals surface area contributed by atoms with Gasteiger partial charge in [-0.3, -0.25) is 4.79 Å². The van der Waals surface area contributed by atoms with Crippen molar-refractivity contribution in [2.45, 2.75) is 0 Å². The largest absolute Gasteiger partial charge is 0.377 e. The Morgan fingerprint density at radius 1 is 1.14 bits per heavy atom. The van der Waals surface area contributed by atoms with Gasteiger partial charge in [0.25, 0.3) is 5.91 Å². The summed E-state index contributed by atoms with van der Waals surface area (Å²) < 4.78 is 12.8. The lowest BCUT2D eigenvalue weighted by molar-refractivity contribution is 0.0955. The number of para-hydroxylation sites is 1. The number of benzene rings is 2. The number of hydrazone groups is 1. The summed E-state index contributed by atoms with van der Waals surface area (Å²) in [6.07, 6.45) is 1.47. The van der Waals surface area contributed by atoms with Crippen LogP contribution in [-0.2, 0) is 0 Å². The van der Waals surface area contributed by atoms with Gasteiger partial charge in [0.2, 0.25) is 0 Å². The summed E-state index contributed by atoms with van der Waals surface area (Å²) in [6.45, 7) is 0. The van der Waals surface area contributed by atoms with Crippen LogP contribution >= 0.6 is 0 Å².